The molecule has 2 saturated heterocycles. The lowest BCUT2D eigenvalue weighted by atomic mass is 9.99. The summed E-state index contributed by atoms with van der Waals surface area (Å²) in [4.78, 5) is 23.7. The molecule has 5 nitrogen and oxygen atoms in total. The normalized spacial score (nSPS) is 39.1. The van der Waals surface area contributed by atoms with E-state index in [0.29, 0.717) is 0 Å². The van der Waals surface area contributed by atoms with Crippen LogP contribution in [0.4, 0.5) is 0 Å². The molecule has 0 spiro atoms. The molecule has 2 rings (SSSR count). The Balaban J connectivity index is 2.60. The fourth-order valence-corrected chi connectivity index (χ4v) is 5.41. The van der Waals surface area contributed by atoms with E-state index in [2.05, 4.69) is 0 Å². The van der Waals surface area contributed by atoms with E-state index in [1.807, 2.05) is 0 Å². The summed E-state index contributed by atoms with van der Waals surface area (Å²) in [5.74, 6) is -0.556. The molecule has 90 valence electrons. The quantitative estimate of drug-likeness (QED) is 0.389. The first-order chi connectivity index (χ1) is 7.14. The molecular weight excluding hydrogens is 277 g/mol. The zero-order chi connectivity index (χ0) is 12.5. The predicted octanol–water partition coefficient (Wildman–Crippen LogP) is 0.103. The lowest BCUT2D eigenvalue weighted by Gasteiger charge is -2.39. The minimum atomic E-state index is -3.67. The maximum atomic E-state index is 12.1. The highest BCUT2D eigenvalue weighted by atomic mass is 35.5. The number of hydrogen-bond acceptors (Lipinski definition) is 4. The van der Waals surface area contributed by atoms with E-state index in [1.54, 1.807) is 0 Å². The highest BCUT2D eigenvalue weighted by molar-refractivity contribution is 7.94. The van der Waals surface area contributed by atoms with Crippen LogP contribution in [0.3, 0.4) is 0 Å². The smallest absolute Gasteiger partial charge is 0.245 e. The van der Waals surface area contributed by atoms with Crippen LogP contribution in [0.15, 0.2) is 0 Å². The summed E-state index contributed by atoms with van der Waals surface area (Å²) in [7, 11) is -3.67. The Bertz CT molecular complexity index is 486. The van der Waals surface area contributed by atoms with Gasteiger partial charge in [0.05, 0.1) is 4.75 Å². The lowest BCUT2D eigenvalue weighted by molar-refractivity contribution is -0.146. The zero-order valence-corrected chi connectivity index (χ0v) is 10.8. The number of halogens is 2. The molecule has 2 heterocycles. The Labute approximate surface area is 103 Å². The minimum Gasteiger partial charge on any atom is -0.309 e. The molecule has 2 fully saturated rings. The van der Waals surface area contributed by atoms with Crippen LogP contribution in [0.1, 0.15) is 13.8 Å². The molecule has 1 amide bonds. The average Bonchev–Trinajstić information content (AvgIpc) is 2.28. The van der Waals surface area contributed by atoms with Gasteiger partial charge in [0.2, 0.25) is 11.1 Å². The van der Waals surface area contributed by atoms with Crippen LogP contribution >= 0.6 is 23.2 Å². The van der Waals surface area contributed by atoms with Gasteiger partial charge < -0.3 is 4.90 Å². The number of rotatable bonds is 1. The molecule has 2 aliphatic heterocycles. The summed E-state index contributed by atoms with van der Waals surface area (Å²) >= 11 is 11.0. The summed E-state index contributed by atoms with van der Waals surface area (Å²) in [5, 5.41) is -3.08. The van der Waals surface area contributed by atoms with Crippen molar-refractivity contribution in [1.29, 1.82) is 0 Å². The molecule has 0 aromatic heterocycles. The van der Waals surface area contributed by atoms with Crippen LogP contribution < -0.4 is 0 Å². The Morgan fingerprint density at radius 3 is 2.38 bits per heavy atom. The number of nitrogens with zero attached hydrogens (tertiary/aromatic N) is 1. The number of alkyl halides is 1. The van der Waals surface area contributed by atoms with Crippen LogP contribution in [0, 0.1) is 0 Å². The molecule has 8 heteroatoms. The first kappa shape index (κ1) is 12.1. The molecule has 0 N–H and O–H groups in total. The van der Waals surface area contributed by atoms with E-state index in [1.165, 1.54) is 13.8 Å². The summed E-state index contributed by atoms with van der Waals surface area (Å²) in [6, 6.07) is -1.15. The topological polar surface area (TPSA) is 71.5 Å². The van der Waals surface area contributed by atoms with Gasteiger partial charge in [-0.3, -0.25) is 9.59 Å². The van der Waals surface area contributed by atoms with E-state index in [4.69, 9.17) is 23.2 Å². The summed E-state index contributed by atoms with van der Waals surface area (Å²) in [5.41, 5.74) is 0. The van der Waals surface area contributed by atoms with E-state index in [0.717, 1.165) is 4.90 Å². The summed E-state index contributed by atoms with van der Waals surface area (Å²) in [6.07, 6.45) is 0. The second kappa shape index (κ2) is 3.11. The Morgan fingerprint density at radius 1 is 1.44 bits per heavy atom. The van der Waals surface area contributed by atoms with Gasteiger partial charge >= 0.3 is 0 Å². The van der Waals surface area contributed by atoms with Gasteiger partial charge in [-0.1, -0.05) is 0 Å². The molecule has 0 saturated carbocycles. The average molecular weight is 286 g/mol. The monoisotopic (exact) mass is 285 g/mol. The van der Waals surface area contributed by atoms with Crippen molar-refractivity contribution in [3.63, 3.8) is 0 Å². The maximum absolute atomic E-state index is 12.1. The molecule has 0 aromatic carbocycles. The van der Waals surface area contributed by atoms with Crippen molar-refractivity contribution in [1.82, 2.24) is 4.90 Å². The minimum absolute atomic E-state index is 0.556. The van der Waals surface area contributed by atoms with Gasteiger partial charge in [0.15, 0.2) is 15.2 Å². The van der Waals surface area contributed by atoms with Crippen molar-refractivity contribution < 1.29 is 18.0 Å². The van der Waals surface area contributed by atoms with Crippen LogP contribution in [-0.4, -0.2) is 46.0 Å². The van der Waals surface area contributed by atoms with Crippen molar-refractivity contribution >= 4 is 44.2 Å². The number of fused-ring (bicyclic) bond motifs is 1. The first-order valence-corrected chi connectivity index (χ1v) is 6.89. The zero-order valence-electron chi connectivity index (χ0n) is 8.48. The molecule has 0 aromatic rings. The fourth-order valence-electron chi connectivity index (χ4n) is 2.21. The molecule has 0 aliphatic carbocycles. The van der Waals surface area contributed by atoms with Crippen molar-refractivity contribution in [2.45, 2.75) is 35.4 Å². The van der Waals surface area contributed by atoms with Gasteiger partial charge in [0, 0.05) is 0 Å². The Kier molecular flexibility index (Phi) is 2.36. The first-order valence-electron chi connectivity index (χ1n) is 4.53. The molecular formula is C8H9Cl2NO4S. The van der Waals surface area contributed by atoms with Crippen LogP contribution in [0.2, 0.25) is 0 Å². The number of hydrogen-bond donors (Lipinski definition) is 0. The third-order valence-corrected chi connectivity index (χ3v) is 6.82. The van der Waals surface area contributed by atoms with Gasteiger partial charge in [-0.15, -0.1) is 11.6 Å². The van der Waals surface area contributed by atoms with Gasteiger partial charge in [-0.05, 0) is 25.4 Å². The maximum Gasteiger partial charge on any atom is 0.245 e. The van der Waals surface area contributed by atoms with Gasteiger partial charge in [0.25, 0.3) is 0 Å². The lowest BCUT2D eigenvalue weighted by Crippen LogP contribution is -2.64. The third-order valence-electron chi connectivity index (χ3n) is 3.22. The second-order valence-electron chi connectivity index (χ2n) is 4.39. The third kappa shape index (κ3) is 1.10. The van der Waals surface area contributed by atoms with Crippen LogP contribution in [0.25, 0.3) is 0 Å². The van der Waals surface area contributed by atoms with E-state index < -0.39 is 42.5 Å². The summed E-state index contributed by atoms with van der Waals surface area (Å²) in [6.45, 7) is 2.75. The van der Waals surface area contributed by atoms with E-state index >= 15 is 0 Å². The Morgan fingerprint density at radius 2 is 1.94 bits per heavy atom. The highest BCUT2D eigenvalue weighted by Gasteiger charge is 2.71. The van der Waals surface area contributed by atoms with Crippen molar-refractivity contribution in [3.8, 4) is 0 Å². The number of sulfone groups is 1. The van der Waals surface area contributed by atoms with Crippen LogP contribution in [-0.2, 0) is 19.4 Å². The largest absolute Gasteiger partial charge is 0.309 e. The fraction of sp³-hybridized carbons (Fsp3) is 0.750. The number of amides is 1. The second-order valence-corrected chi connectivity index (χ2v) is 7.86. The SMILES string of the molecule is CC1(C)[C@H](C(=O)Cl)N2C(=O)[C@H](Cl)[C@H]2S1(=O)=O. The standard InChI is InChI=1S/C8H9Cl2NO4S/c1-8(2)4(5(10)12)11-6(13)3(9)7(11)16(8,14)15/h3-4,7H,1-2H3/t3-,4-,7+/m0/s1. The van der Waals surface area contributed by atoms with E-state index in [9.17, 15) is 18.0 Å². The molecule has 0 radical (unpaired) electrons. The summed E-state index contributed by atoms with van der Waals surface area (Å²) < 4.78 is 22.7. The van der Waals surface area contributed by atoms with Gasteiger partial charge in [0.1, 0.15) is 11.4 Å². The highest BCUT2D eigenvalue weighted by Crippen LogP contribution is 2.48. The van der Waals surface area contributed by atoms with Crippen molar-refractivity contribution in [2.75, 3.05) is 0 Å². The molecule has 16 heavy (non-hydrogen) atoms. The number of β-lactam (4-membered cyclic amide) rings is 1. The van der Waals surface area contributed by atoms with E-state index in [-0.39, 0.29) is 0 Å². The molecule has 2 aliphatic rings. The van der Waals surface area contributed by atoms with Gasteiger partial charge in [-0.25, -0.2) is 8.42 Å². The molecule has 3 atom stereocenters. The number of carbonyl (C=O) groups excluding carboxylic acids is 2. The van der Waals surface area contributed by atoms with Crippen LogP contribution in [0.5, 0.6) is 0 Å². The molecule has 0 unspecified atom stereocenters. The van der Waals surface area contributed by atoms with Crippen molar-refractivity contribution in [3.05, 3.63) is 0 Å². The van der Waals surface area contributed by atoms with Crippen molar-refractivity contribution in [2.24, 2.45) is 0 Å². The predicted molar refractivity (Wildman–Crippen MR) is 57.9 cm³/mol. The number of carbonyl (C=O) groups is 2. The van der Waals surface area contributed by atoms with Gasteiger partial charge in [-0.2, -0.15) is 0 Å². The molecule has 0 bridgehead atoms. The Hall–Kier alpha value is -0.330.